The molecule has 0 aliphatic rings. The van der Waals surface area contributed by atoms with Crippen LogP contribution in [0.2, 0.25) is 0 Å². The highest BCUT2D eigenvalue weighted by Crippen LogP contribution is 2.25. The van der Waals surface area contributed by atoms with Crippen LogP contribution in [-0.2, 0) is 7.05 Å². The number of hydrogen-bond donors (Lipinski definition) is 0. The molecule has 150 valence electrons. The van der Waals surface area contributed by atoms with Gasteiger partial charge in [-0.05, 0) is 30.7 Å². The van der Waals surface area contributed by atoms with E-state index in [1.165, 1.54) is 34.1 Å². The summed E-state index contributed by atoms with van der Waals surface area (Å²) in [7, 11) is 1.63. The molecule has 0 aliphatic heterocycles. The molecular weight excluding hydrogens is 392 g/mol. The van der Waals surface area contributed by atoms with Gasteiger partial charge in [0, 0.05) is 24.7 Å². The summed E-state index contributed by atoms with van der Waals surface area (Å²) in [6.45, 7) is 6.33. The number of aryl methyl sites for hydroxylation is 1. The summed E-state index contributed by atoms with van der Waals surface area (Å²) in [6, 6.07) is 11.9. The van der Waals surface area contributed by atoms with Crippen molar-refractivity contribution >= 4 is 29.7 Å². The molecular formula is C21H20N2O5S. The Morgan fingerprint density at radius 2 is 1.86 bits per heavy atom. The van der Waals surface area contributed by atoms with E-state index in [0.717, 1.165) is 11.3 Å². The zero-order valence-corrected chi connectivity index (χ0v) is 16.9. The Labute approximate surface area is 170 Å². The van der Waals surface area contributed by atoms with Crippen molar-refractivity contribution in [2.45, 2.75) is 6.92 Å². The minimum absolute atomic E-state index is 0.0806. The highest BCUT2D eigenvalue weighted by Gasteiger charge is 2.11. The number of nitro benzene ring substituents is 1. The minimum atomic E-state index is -0.484. The molecule has 0 unspecified atom stereocenters. The molecule has 3 aromatic rings. The fourth-order valence-electron chi connectivity index (χ4n) is 2.67. The van der Waals surface area contributed by atoms with Gasteiger partial charge in [-0.2, -0.15) is 0 Å². The first-order chi connectivity index (χ1) is 13.9. The number of aromatic nitrogens is 1. The van der Waals surface area contributed by atoms with Gasteiger partial charge >= 0.3 is 0 Å². The van der Waals surface area contributed by atoms with Crippen LogP contribution in [0.25, 0.3) is 12.7 Å². The summed E-state index contributed by atoms with van der Waals surface area (Å²) >= 11 is 1.22. The zero-order valence-electron chi connectivity index (χ0n) is 16.1. The van der Waals surface area contributed by atoms with Crippen molar-refractivity contribution in [3.05, 3.63) is 83.3 Å². The number of nitrogens with zero attached hydrogens (tertiary/aromatic N) is 2. The van der Waals surface area contributed by atoms with Gasteiger partial charge in [0.15, 0.2) is 0 Å². The van der Waals surface area contributed by atoms with Crippen LogP contribution in [0.15, 0.2) is 47.3 Å². The molecule has 0 aliphatic carbocycles. The molecule has 0 amide bonds. The van der Waals surface area contributed by atoms with Gasteiger partial charge in [0.1, 0.15) is 24.7 Å². The van der Waals surface area contributed by atoms with Gasteiger partial charge in [-0.15, -0.1) is 11.3 Å². The number of ether oxygens (including phenoxy) is 2. The molecule has 8 heteroatoms. The Morgan fingerprint density at radius 1 is 1.17 bits per heavy atom. The monoisotopic (exact) mass is 412 g/mol. The van der Waals surface area contributed by atoms with Crippen molar-refractivity contribution in [1.82, 2.24) is 4.57 Å². The van der Waals surface area contributed by atoms with Gasteiger partial charge in [0.25, 0.3) is 11.2 Å². The Morgan fingerprint density at radius 3 is 2.48 bits per heavy atom. The third-order valence-corrected chi connectivity index (χ3v) is 5.32. The number of benzene rings is 2. The quantitative estimate of drug-likeness (QED) is 0.338. The van der Waals surface area contributed by atoms with Gasteiger partial charge in [-0.3, -0.25) is 14.9 Å². The second-order valence-electron chi connectivity index (χ2n) is 6.31. The Kier molecular flexibility index (Phi) is 6.13. The van der Waals surface area contributed by atoms with Crippen molar-refractivity contribution < 1.29 is 14.4 Å². The summed E-state index contributed by atoms with van der Waals surface area (Å²) in [5.74, 6) is 1.21. The Balaban J connectivity index is 1.83. The van der Waals surface area contributed by atoms with Crippen LogP contribution >= 0.6 is 11.3 Å². The molecule has 2 aromatic carbocycles. The van der Waals surface area contributed by atoms with E-state index in [0.29, 0.717) is 27.1 Å². The van der Waals surface area contributed by atoms with Crippen LogP contribution in [0.4, 0.5) is 5.69 Å². The lowest BCUT2D eigenvalue weighted by molar-refractivity contribution is -0.384. The molecule has 0 atom stereocenters. The summed E-state index contributed by atoms with van der Waals surface area (Å²) in [5, 5.41) is 11.1. The van der Waals surface area contributed by atoms with Crippen LogP contribution in [0.5, 0.6) is 11.5 Å². The summed E-state index contributed by atoms with van der Waals surface area (Å²) in [4.78, 5) is 22.9. The highest BCUT2D eigenvalue weighted by molar-refractivity contribution is 7.07. The Hall–Kier alpha value is -3.39. The maximum atomic E-state index is 12.3. The van der Waals surface area contributed by atoms with Crippen molar-refractivity contribution in [3.63, 3.8) is 0 Å². The zero-order chi connectivity index (χ0) is 21.0. The molecule has 1 heterocycles. The number of rotatable bonds is 7. The van der Waals surface area contributed by atoms with Crippen molar-refractivity contribution in [2.75, 3.05) is 13.2 Å². The molecule has 0 bridgehead atoms. The molecule has 0 radical (unpaired) electrons. The van der Waals surface area contributed by atoms with Gasteiger partial charge in [0.05, 0.1) is 14.1 Å². The largest absolute Gasteiger partial charge is 0.490 e. The molecule has 0 spiro atoms. The number of non-ortho nitro benzene ring substituents is 1. The lowest BCUT2D eigenvalue weighted by atomic mass is 10.1. The van der Waals surface area contributed by atoms with Crippen LogP contribution in [0, 0.1) is 17.0 Å². The van der Waals surface area contributed by atoms with Gasteiger partial charge in [0.2, 0.25) is 0 Å². The standard InChI is InChI=1S/C21H20N2O5S/c1-14-6-4-5-7-18(14)27-10-11-28-19-9-8-17(23(25)26)12-16(19)13-20-21(24)22(3)15(2)29-20/h4-9,12-13H,2,10-11H2,1,3H3. The summed E-state index contributed by atoms with van der Waals surface area (Å²) in [5.41, 5.74) is 1.19. The normalized spacial score (nSPS) is 11.4. The second-order valence-corrected chi connectivity index (χ2v) is 7.43. The van der Waals surface area contributed by atoms with Gasteiger partial charge in [-0.1, -0.05) is 24.8 Å². The van der Waals surface area contributed by atoms with Crippen LogP contribution in [-0.4, -0.2) is 22.7 Å². The van der Waals surface area contributed by atoms with Crippen molar-refractivity contribution in [1.29, 1.82) is 0 Å². The van der Waals surface area contributed by atoms with E-state index in [2.05, 4.69) is 6.58 Å². The highest BCUT2D eigenvalue weighted by atomic mass is 32.1. The molecule has 0 saturated carbocycles. The van der Waals surface area contributed by atoms with Crippen molar-refractivity contribution in [2.24, 2.45) is 7.05 Å². The van der Waals surface area contributed by atoms with Gasteiger partial charge in [-0.25, -0.2) is 0 Å². The second kappa shape index (κ2) is 8.74. The van der Waals surface area contributed by atoms with E-state index in [4.69, 9.17) is 9.47 Å². The molecule has 0 fully saturated rings. The predicted molar refractivity (Wildman–Crippen MR) is 113 cm³/mol. The summed E-state index contributed by atoms with van der Waals surface area (Å²) in [6.07, 6.45) is 1.59. The molecule has 29 heavy (non-hydrogen) atoms. The lowest BCUT2D eigenvalue weighted by Gasteiger charge is -2.11. The fraction of sp³-hybridized carbons (Fsp3) is 0.190. The van der Waals surface area contributed by atoms with Gasteiger partial charge < -0.3 is 14.0 Å². The molecule has 1 aromatic heterocycles. The molecule has 3 rings (SSSR count). The van der Waals surface area contributed by atoms with Crippen LogP contribution in [0.3, 0.4) is 0 Å². The van der Waals surface area contributed by atoms with Crippen LogP contribution in [0.1, 0.15) is 11.1 Å². The van der Waals surface area contributed by atoms with E-state index in [9.17, 15) is 14.9 Å². The first kappa shape index (κ1) is 20.3. The number of thiazole rings is 1. The third kappa shape index (κ3) is 4.72. The average molecular weight is 412 g/mol. The fourth-order valence-corrected chi connectivity index (χ4v) is 3.55. The molecule has 7 nitrogen and oxygen atoms in total. The van der Waals surface area contributed by atoms with E-state index in [1.807, 2.05) is 31.2 Å². The first-order valence-corrected chi connectivity index (χ1v) is 9.64. The SMILES string of the molecule is C=c1sc(=Cc2cc([N+](=O)[O-])ccc2OCCOc2ccccc2C)c(=O)n1C. The number of hydrogen-bond acceptors (Lipinski definition) is 6. The Bertz CT molecular complexity index is 1210. The molecule has 0 N–H and O–H groups in total. The maximum Gasteiger partial charge on any atom is 0.270 e. The van der Waals surface area contributed by atoms with E-state index >= 15 is 0 Å². The predicted octanol–water partition coefficient (Wildman–Crippen LogP) is 2.36. The van der Waals surface area contributed by atoms with E-state index in [-0.39, 0.29) is 17.9 Å². The first-order valence-electron chi connectivity index (χ1n) is 8.83. The van der Waals surface area contributed by atoms with Crippen LogP contribution < -0.4 is 24.2 Å². The maximum absolute atomic E-state index is 12.3. The number of nitro groups is 1. The molecule has 0 saturated heterocycles. The lowest BCUT2D eigenvalue weighted by Crippen LogP contribution is -2.28. The average Bonchev–Trinajstić information content (AvgIpc) is 2.94. The van der Waals surface area contributed by atoms with E-state index < -0.39 is 4.92 Å². The summed E-state index contributed by atoms with van der Waals surface area (Å²) < 4.78 is 14.0. The minimum Gasteiger partial charge on any atom is -0.490 e. The third-order valence-electron chi connectivity index (χ3n) is 4.30. The topological polar surface area (TPSA) is 83.6 Å². The van der Waals surface area contributed by atoms with Crippen molar-refractivity contribution in [3.8, 4) is 11.5 Å². The smallest absolute Gasteiger partial charge is 0.270 e. The van der Waals surface area contributed by atoms with E-state index in [1.54, 1.807) is 13.1 Å². The number of para-hydroxylation sites is 1.